The zero-order chi connectivity index (χ0) is 14.7. The maximum Gasteiger partial charge on any atom is 0.261 e. The van der Waals surface area contributed by atoms with Gasteiger partial charge in [-0.15, -0.1) is 11.8 Å². The first-order valence-corrected chi connectivity index (χ1v) is 8.61. The zero-order valence-corrected chi connectivity index (χ0v) is 12.7. The summed E-state index contributed by atoms with van der Waals surface area (Å²) in [6.07, 6.45) is 7.94. The van der Waals surface area contributed by atoms with E-state index in [1.807, 2.05) is 17.6 Å². The van der Waals surface area contributed by atoms with Crippen LogP contribution < -0.4 is 10.9 Å². The smallest absolute Gasteiger partial charge is 0.261 e. The van der Waals surface area contributed by atoms with Crippen LogP contribution in [-0.4, -0.2) is 22.7 Å². The number of aromatic nitrogens is 1. The van der Waals surface area contributed by atoms with Gasteiger partial charge in [-0.05, 0) is 36.3 Å². The maximum absolute atomic E-state index is 12.2. The van der Waals surface area contributed by atoms with Gasteiger partial charge in [-0.1, -0.05) is 25.3 Å². The summed E-state index contributed by atoms with van der Waals surface area (Å²) in [6, 6.07) is 3.61. The highest BCUT2D eigenvalue weighted by Crippen LogP contribution is 2.30. The van der Waals surface area contributed by atoms with E-state index < -0.39 is 0 Å². The molecule has 0 saturated heterocycles. The monoisotopic (exact) mass is 304 g/mol. The molecular formula is C16H20N2O2S. The molecule has 2 heterocycles. The summed E-state index contributed by atoms with van der Waals surface area (Å²) in [5.41, 5.74) is 0.914. The SMILES string of the molecule is O=C(NC1C=CSC1)c1ccc(C2CCCCC2)[nH]c1=O. The number of hydrogen-bond donors (Lipinski definition) is 2. The molecule has 0 aromatic carbocycles. The lowest BCUT2D eigenvalue weighted by atomic mass is 9.86. The van der Waals surface area contributed by atoms with Crippen molar-refractivity contribution in [3.05, 3.63) is 45.2 Å². The van der Waals surface area contributed by atoms with E-state index in [4.69, 9.17) is 0 Å². The first-order chi connectivity index (χ1) is 10.2. The van der Waals surface area contributed by atoms with E-state index in [1.165, 1.54) is 19.3 Å². The standard InChI is InChI=1S/C16H20N2O2S/c19-15(17-12-8-9-21-10-12)13-6-7-14(18-16(13)20)11-4-2-1-3-5-11/h6-9,11-12H,1-5,10H2,(H,17,19)(H,18,20). The minimum Gasteiger partial charge on any atom is -0.345 e. The number of carbonyl (C=O) groups is 1. The Hall–Kier alpha value is -1.49. The lowest BCUT2D eigenvalue weighted by molar-refractivity contribution is 0.0946. The molecule has 0 radical (unpaired) electrons. The van der Waals surface area contributed by atoms with E-state index in [9.17, 15) is 9.59 Å². The van der Waals surface area contributed by atoms with Crippen LogP contribution in [0.25, 0.3) is 0 Å². The minimum atomic E-state index is -0.288. The van der Waals surface area contributed by atoms with E-state index in [2.05, 4.69) is 10.3 Å². The molecule has 0 bridgehead atoms. The van der Waals surface area contributed by atoms with Crippen molar-refractivity contribution in [1.82, 2.24) is 10.3 Å². The van der Waals surface area contributed by atoms with Gasteiger partial charge in [0.2, 0.25) is 0 Å². The Morgan fingerprint density at radius 3 is 2.71 bits per heavy atom. The molecule has 1 atom stereocenters. The second-order valence-electron chi connectivity index (χ2n) is 5.73. The van der Waals surface area contributed by atoms with Gasteiger partial charge in [0.15, 0.2) is 0 Å². The normalized spacial score (nSPS) is 22.4. The van der Waals surface area contributed by atoms with Crippen molar-refractivity contribution in [2.75, 3.05) is 5.75 Å². The first kappa shape index (κ1) is 14.4. The van der Waals surface area contributed by atoms with Crippen LogP contribution in [0, 0.1) is 0 Å². The molecule has 2 aliphatic rings. The van der Waals surface area contributed by atoms with Gasteiger partial charge in [0, 0.05) is 11.4 Å². The fourth-order valence-electron chi connectivity index (χ4n) is 3.02. The fraction of sp³-hybridized carbons (Fsp3) is 0.500. The minimum absolute atomic E-state index is 0.0277. The molecule has 1 unspecified atom stereocenters. The molecular weight excluding hydrogens is 284 g/mol. The highest BCUT2D eigenvalue weighted by atomic mass is 32.2. The molecule has 3 rings (SSSR count). The number of pyridine rings is 1. The Morgan fingerprint density at radius 2 is 2.05 bits per heavy atom. The van der Waals surface area contributed by atoms with Crippen LogP contribution >= 0.6 is 11.8 Å². The predicted octanol–water partition coefficient (Wildman–Crippen LogP) is 2.78. The zero-order valence-electron chi connectivity index (χ0n) is 11.9. The van der Waals surface area contributed by atoms with E-state index in [1.54, 1.807) is 17.8 Å². The van der Waals surface area contributed by atoms with Crippen LogP contribution in [0.4, 0.5) is 0 Å². The van der Waals surface area contributed by atoms with Crippen molar-refractivity contribution in [2.45, 2.75) is 44.1 Å². The molecule has 1 aromatic rings. The van der Waals surface area contributed by atoms with Gasteiger partial charge < -0.3 is 10.3 Å². The van der Waals surface area contributed by atoms with E-state index in [-0.39, 0.29) is 23.1 Å². The van der Waals surface area contributed by atoms with Gasteiger partial charge in [0.25, 0.3) is 11.5 Å². The van der Waals surface area contributed by atoms with Gasteiger partial charge in [0.1, 0.15) is 5.56 Å². The van der Waals surface area contributed by atoms with Crippen molar-refractivity contribution >= 4 is 17.7 Å². The van der Waals surface area contributed by atoms with Gasteiger partial charge in [0.05, 0.1) is 6.04 Å². The van der Waals surface area contributed by atoms with Gasteiger partial charge >= 0.3 is 0 Å². The van der Waals surface area contributed by atoms with Crippen LogP contribution in [0.2, 0.25) is 0 Å². The molecule has 1 saturated carbocycles. The molecule has 0 spiro atoms. The number of thioether (sulfide) groups is 1. The van der Waals surface area contributed by atoms with Gasteiger partial charge in [-0.2, -0.15) is 0 Å². The second-order valence-corrected chi connectivity index (χ2v) is 6.67. The largest absolute Gasteiger partial charge is 0.345 e. The second kappa shape index (κ2) is 6.52. The number of aromatic amines is 1. The van der Waals surface area contributed by atoms with E-state index >= 15 is 0 Å². The van der Waals surface area contributed by atoms with Crippen molar-refractivity contribution < 1.29 is 4.79 Å². The van der Waals surface area contributed by atoms with Gasteiger partial charge in [-0.3, -0.25) is 9.59 Å². The van der Waals surface area contributed by atoms with Crippen molar-refractivity contribution in [3.8, 4) is 0 Å². The van der Waals surface area contributed by atoms with Crippen LogP contribution in [0.5, 0.6) is 0 Å². The quantitative estimate of drug-likeness (QED) is 0.902. The van der Waals surface area contributed by atoms with E-state index in [0.29, 0.717) is 5.92 Å². The van der Waals surface area contributed by atoms with Crippen molar-refractivity contribution in [3.63, 3.8) is 0 Å². The summed E-state index contributed by atoms with van der Waals surface area (Å²) < 4.78 is 0. The molecule has 1 amide bonds. The van der Waals surface area contributed by atoms with E-state index in [0.717, 1.165) is 24.3 Å². The topological polar surface area (TPSA) is 62.0 Å². The molecule has 1 aromatic heterocycles. The van der Waals surface area contributed by atoms with Crippen LogP contribution in [0.3, 0.4) is 0 Å². The summed E-state index contributed by atoms with van der Waals surface area (Å²) in [5, 5.41) is 4.84. The maximum atomic E-state index is 12.2. The molecule has 21 heavy (non-hydrogen) atoms. The number of carbonyl (C=O) groups excluding carboxylic acids is 1. The number of rotatable bonds is 3. The third kappa shape index (κ3) is 3.40. The number of amides is 1. The summed E-state index contributed by atoms with van der Waals surface area (Å²) in [7, 11) is 0. The molecule has 1 aliphatic heterocycles. The molecule has 2 N–H and O–H groups in total. The molecule has 5 heteroatoms. The summed E-state index contributed by atoms with van der Waals surface area (Å²) in [4.78, 5) is 27.2. The third-order valence-corrected chi connectivity index (χ3v) is 5.12. The average molecular weight is 304 g/mol. The third-order valence-electron chi connectivity index (χ3n) is 4.22. The first-order valence-electron chi connectivity index (χ1n) is 7.56. The lowest BCUT2D eigenvalue weighted by Gasteiger charge is -2.21. The highest BCUT2D eigenvalue weighted by molar-refractivity contribution is 8.02. The number of H-pyrrole nitrogens is 1. The van der Waals surface area contributed by atoms with Crippen LogP contribution in [0.1, 0.15) is 54.1 Å². The average Bonchev–Trinajstić information content (AvgIpc) is 3.01. The number of hydrogen-bond acceptors (Lipinski definition) is 3. The van der Waals surface area contributed by atoms with Crippen molar-refractivity contribution in [1.29, 1.82) is 0 Å². The molecule has 1 fully saturated rings. The Labute approximate surface area is 128 Å². The Balaban J connectivity index is 1.72. The summed E-state index contributed by atoms with van der Waals surface area (Å²) >= 11 is 1.66. The van der Waals surface area contributed by atoms with Crippen LogP contribution in [0.15, 0.2) is 28.4 Å². The predicted molar refractivity (Wildman–Crippen MR) is 85.7 cm³/mol. The molecule has 1 aliphatic carbocycles. The van der Waals surface area contributed by atoms with Gasteiger partial charge in [-0.25, -0.2) is 0 Å². The molecule has 112 valence electrons. The fourth-order valence-corrected chi connectivity index (χ4v) is 3.83. The highest BCUT2D eigenvalue weighted by Gasteiger charge is 2.20. The summed E-state index contributed by atoms with van der Waals surface area (Å²) in [6.45, 7) is 0. The lowest BCUT2D eigenvalue weighted by Crippen LogP contribution is -2.37. The Morgan fingerprint density at radius 1 is 1.24 bits per heavy atom. The number of nitrogens with one attached hydrogen (secondary N) is 2. The molecule has 4 nitrogen and oxygen atoms in total. The van der Waals surface area contributed by atoms with Crippen molar-refractivity contribution in [2.24, 2.45) is 0 Å². The Bertz CT molecular complexity index is 603. The Kier molecular flexibility index (Phi) is 4.48. The van der Waals surface area contributed by atoms with Crippen LogP contribution in [-0.2, 0) is 0 Å². The summed E-state index contributed by atoms with van der Waals surface area (Å²) in [5.74, 6) is 0.991.